The van der Waals surface area contributed by atoms with Crippen LogP contribution in [-0.4, -0.2) is 40.5 Å². The van der Waals surface area contributed by atoms with E-state index in [0.29, 0.717) is 23.4 Å². The quantitative estimate of drug-likeness (QED) is 0.616. The van der Waals surface area contributed by atoms with Crippen molar-refractivity contribution in [3.05, 3.63) is 46.8 Å². The average Bonchev–Trinajstić information content (AvgIpc) is 3.13. The number of carbonyl (C=O) groups excluding carboxylic acids is 3. The molecule has 0 radical (unpaired) electrons. The Hall–Kier alpha value is -3.36. The molecule has 2 amide bonds. The van der Waals surface area contributed by atoms with E-state index < -0.39 is 17.7 Å². The molecule has 178 valence electrons. The van der Waals surface area contributed by atoms with Crippen molar-refractivity contribution in [2.75, 3.05) is 12.4 Å². The number of aryl methyl sites for hydroxylation is 2. The van der Waals surface area contributed by atoms with Crippen molar-refractivity contribution in [1.82, 2.24) is 15.1 Å². The summed E-state index contributed by atoms with van der Waals surface area (Å²) >= 11 is 0. The Balaban J connectivity index is 1.55. The molecular weight excluding hydrogens is 424 g/mol. The van der Waals surface area contributed by atoms with E-state index in [4.69, 9.17) is 9.47 Å². The molecular formula is C24H32N4O5. The first kappa shape index (κ1) is 24.3. The molecule has 2 heterocycles. The molecule has 0 unspecified atom stereocenters. The topological polar surface area (TPSA) is 112 Å². The summed E-state index contributed by atoms with van der Waals surface area (Å²) in [4.78, 5) is 36.7. The van der Waals surface area contributed by atoms with Gasteiger partial charge < -0.3 is 14.8 Å². The fourth-order valence-electron chi connectivity index (χ4n) is 3.76. The van der Waals surface area contributed by atoms with Crippen molar-refractivity contribution < 1.29 is 23.9 Å². The fourth-order valence-corrected chi connectivity index (χ4v) is 3.76. The first-order valence-electron chi connectivity index (χ1n) is 11.2. The number of hydrogen-bond donors (Lipinski definition) is 2. The molecule has 0 aliphatic carbocycles. The van der Waals surface area contributed by atoms with Gasteiger partial charge in [0.2, 0.25) is 5.91 Å². The molecule has 0 atom stereocenters. The number of rotatable bonds is 7. The van der Waals surface area contributed by atoms with Gasteiger partial charge in [-0.25, -0.2) is 9.59 Å². The summed E-state index contributed by atoms with van der Waals surface area (Å²) in [6.07, 6.45) is 3.03. The summed E-state index contributed by atoms with van der Waals surface area (Å²) in [6.45, 7) is 6.34. The summed E-state index contributed by atoms with van der Waals surface area (Å²) in [7, 11) is 1.35. The summed E-state index contributed by atoms with van der Waals surface area (Å²) < 4.78 is 12.0. The highest BCUT2D eigenvalue weighted by Gasteiger charge is 2.26. The van der Waals surface area contributed by atoms with Gasteiger partial charge in [0.05, 0.1) is 25.0 Å². The molecule has 1 aliphatic rings. The van der Waals surface area contributed by atoms with Crippen LogP contribution in [0, 0.1) is 0 Å². The van der Waals surface area contributed by atoms with Gasteiger partial charge in [-0.05, 0) is 64.2 Å². The van der Waals surface area contributed by atoms with E-state index in [9.17, 15) is 14.4 Å². The van der Waals surface area contributed by atoms with Crippen LogP contribution >= 0.6 is 0 Å². The van der Waals surface area contributed by atoms with Crippen molar-refractivity contribution in [2.45, 2.75) is 71.6 Å². The van der Waals surface area contributed by atoms with Crippen LogP contribution in [0.5, 0.6) is 0 Å². The Morgan fingerprint density at radius 1 is 1.18 bits per heavy atom. The maximum atomic E-state index is 12.5. The number of ether oxygens (including phenoxy) is 2. The first-order valence-corrected chi connectivity index (χ1v) is 11.2. The van der Waals surface area contributed by atoms with Crippen LogP contribution in [0.15, 0.2) is 24.3 Å². The zero-order valence-corrected chi connectivity index (χ0v) is 19.7. The van der Waals surface area contributed by atoms with Crippen LogP contribution in [0.25, 0.3) is 0 Å². The van der Waals surface area contributed by atoms with Crippen LogP contribution in [0.2, 0.25) is 0 Å². The second-order valence-corrected chi connectivity index (χ2v) is 9.04. The second kappa shape index (κ2) is 10.5. The molecule has 1 aromatic heterocycles. The monoisotopic (exact) mass is 456 g/mol. The molecule has 3 rings (SSSR count). The predicted octanol–water partition coefficient (Wildman–Crippen LogP) is 3.60. The number of methoxy groups -OCH3 is 1. The number of esters is 1. The first-order chi connectivity index (χ1) is 15.7. The lowest BCUT2D eigenvalue weighted by Gasteiger charge is -2.19. The van der Waals surface area contributed by atoms with Gasteiger partial charge in [0.1, 0.15) is 11.2 Å². The minimum atomic E-state index is -0.581. The Morgan fingerprint density at radius 2 is 1.97 bits per heavy atom. The Bertz CT molecular complexity index is 1020. The van der Waals surface area contributed by atoms with E-state index in [1.54, 1.807) is 26.8 Å². The normalized spacial score (nSPS) is 13.1. The number of benzene rings is 1. The zero-order chi connectivity index (χ0) is 24.0. The third-order valence-electron chi connectivity index (χ3n) is 5.22. The minimum absolute atomic E-state index is 0.151. The number of fused-ring (bicyclic) bond motifs is 1. The van der Waals surface area contributed by atoms with E-state index in [2.05, 4.69) is 15.7 Å². The van der Waals surface area contributed by atoms with E-state index in [1.807, 2.05) is 22.9 Å². The average molecular weight is 457 g/mol. The minimum Gasteiger partial charge on any atom is -0.465 e. The molecule has 0 saturated carbocycles. The van der Waals surface area contributed by atoms with Gasteiger partial charge in [-0.3, -0.25) is 14.8 Å². The largest absolute Gasteiger partial charge is 0.465 e. The third kappa shape index (κ3) is 6.81. The Kier molecular flexibility index (Phi) is 7.73. The van der Waals surface area contributed by atoms with Gasteiger partial charge in [-0.15, -0.1) is 0 Å². The molecule has 9 heteroatoms. The van der Waals surface area contributed by atoms with Crippen LogP contribution in [0.1, 0.15) is 67.3 Å². The van der Waals surface area contributed by atoms with E-state index in [-0.39, 0.29) is 18.9 Å². The van der Waals surface area contributed by atoms with Gasteiger partial charge >= 0.3 is 12.1 Å². The van der Waals surface area contributed by atoms with Crippen LogP contribution < -0.4 is 10.6 Å². The standard InChI is InChI=1S/C24H32N4O5/c1-24(2,3)33-23(31)26-17-9-7-8-16(14-17)11-12-20(29)25-15-18-21(22(30)32-4)19-10-5-6-13-28(19)27-18/h7-9,14H,5-6,10-13,15H2,1-4H3,(H,25,29)(H,26,31). The number of aromatic nitrogens is 2. The van der Waals surface area contributed by atoms with Crippen molar-refractivity contribution in [1.29, 1.82) is 0 Å². The van der Waals surface area contributed by atoms with Crippen molar-refractivity contribution in [3.8, 4) is 0 Å². The SMILES string of the molecule is COC(=O)c1c(CNC(=O)CCc2cccc(NC(=O)OC(C)(C)C)c2)nn2c1CCCC2. The molecule has 1 aromatic carbocycles. The summed E-state index contributed by atoms with van der Waals surface area (Å²) in [5.41, 5.74) is 2.82. The maximum Gasteiger partial charge on any atom is 0.412 e. The van der Waals surface area contributed by atoms with Gasteiger partial charge in [0, 0.05) is 18.7 Å². The second-order valence-electron chi connectivity index (χ2n) is 9.04. The molecule has 2 aromatic rings. The maximum absolute atomic E-state index is 12.5. The van der Waals surface area contributed by atoms with Gasteiger partial charge in [-0.2, -0.15) is 5.10 Å². The van der Waals surface area contributed by atoms with Gasteiger partial charge in [0.25, 0.3) is 0 Å². The van der Waals surface area contributed by atoms with E-state index in [0.717, 1.165) is 37.1 Å². The Morgan fingerprint density at radius 3 is 2.70 bits per heavy atom. The molecule has 33 heavy (non-hydrogen) atoms. The molecule has 9 nitrogen and oxygen atoms in total. The number of nitrogens with zero attached hydrogens (tertiary/aromatic N) is 2. The number of nitrogens with one attached hydrogen (secondary N) is 2. The number of amides is 2. The highest BCUT2D eigenvalue weighted by atomic mass is 16.6. The Labute approximate surface area is 193 Å². The van der Waals surface area contributed by atoms with E-state index >= 15 is 0 Å². The van der Waals surface area contributed by atoms with Crippen molar-refractivity contribution in [3.63, 3.8) is 0 Å². The summed E-state index contributed by atoms with van der Waals surface area (Å²) in [5.74, 6) is -0.570. The molecule has 0 bridgehead atoms. The van der Waals surface area contributed by atoms with Crippen molar-refractivity contribution in [2.24, 2.45) is 0 Å². The fraction of sp³-hybridized carbons (Fsp3) is 0.500. The number of anilines is 1. The highest BCUT2D eigenvalue weighted by molar-refractivity contribution is 5.92. The van der Waals surface area contributed by atoms with Crippen LogP contribution in [0.3, 0.4) is 0 Å². The highest BCUT2D eigenvalue weighted by Crippen LogP contribution is 2.22. The lowest BCUT2D eigenvalue weighted by atomic mass is 10.0. The molecule has 1 aliphatic heterocycles. The van der Waals surface area contributed by atoms with Gasteiger partial charge in [-0.1, -0.05) is 12.1 Å². The number of hydrogen-bond acceptors (Lipinski definition) is 6. The van der Waals surface area contributed by atoms with Crippen molar-refractivity contribution >= 4 is 23.7 Å². The number of carbonyl (C=O) groups is 3. The lowest BCUT2D eigenvalue weighted by molar-refractivity contribution is -0.121. The van der Waals surface area contributed by atoms with Gasteiger partial charge in [0.15, 0.2) is 0 Å². The molecule has 0 spiro atoms. The zero-order valence-electron chi connectivity index (χ0n) is 19.7. The predicted molar refractivity (Wildman–Crippen MR) is 123 cm³/mol. The molecule has 0 fully saturated rings. The van der Waals surface area contributed by atoms with E-state index in [1.165, 1.54) is 7.11 Å². The lowest BCUT2D eigenvalue weighted by Crippen LogP contribution is -2.27. The summed E-state index contributed by atoms with van der Waals surface area (Å²) in [5, 5.41) is 10.1. The van der Waals surface area contributed by atoms with Crippen LogP contribution in [-0.2, 0) is 40.2 Å². The van der Waals surface area contributed by atoms with Crippen LogP contribution in [0.4, 0.5) is 10.5 Å². The molecule has 2 N–H and O–H groups in total. The molecule has 0 saturated heterocycles. The summed E-state index contributed by atoms with van der Waals surface area (Å²) in [6, 6.07) is 7.29. The third-order valence-corrected chi connectivity index (χ3v) is 5.22. The smallest absolute Gasteiger partial charge is 0.412 e.